The van der Waals surface area contributed by atoms with E-state index in [0.29, 0.717) is 35.2 Å². The number of carbonyl (C=O) groups excluding carboxylic acids is 2. The van der Waals surface area contributed by atoms with Crippen LogP contribution in [0.3, 0.4) is 0 Å². The van der Waals surface area contributed by atoms with Gasteiger partial charge in [-0.1, -0.05) is 30.7 Å². The average Bonchev–Trinajstić information content (AvgIpc) is 3.23. The molecule has 31 heavy (non-hydrogen) atoms. The van der Waals surface area contributed by atoms with Crippen molar-refractivity contribution < 1.29 is 9.59 Å². The Morgan fingerprint density at radius 3 is 2.81 bits per heavy atom. The predicted octanol–water partition coefficient (Wildman–Crippen LogP) is 3.23. The second-order valence-corrected chi connectivity index (χ2v) is 7.78. The number of pyridine rings is 1. The second kappa shape index (κ2) is 9.18. The van der Waals surface area contributed by atoms with E-state index in [2.05, 4.69) is 27.6 Å². The van der Waals surface area contributed by atoms with Crippen molar-refractivity contribution in [3.63, 3.8) is 0 Å². The van der Waals surface area contributed by atoms with Gasteiger partial charge < -0.3 is 15.5 Å². The third kappa shape index (κ3) is 4.86. The SMILES string of the molecule is CCCn1cc(CNC(=O)c2cnc3c(c2)N(Cc2ccc(Cl)cc2)C(=O)CN3)cn1. The highest BCUT2D eigenvalue weighted by molar-refractivity contribution is 6.30. The molecule has 0 fully saturated rings. The zero-order chi connectivity index (χ0) is 21.8. The van der Waals surface area contributed by atoms with Gasteiger partial charge in [0.2, 0.25) is 5.91 Å². The minimum absolute atomic E-state index is 0.0925. The summed E-state index contributed by atoms with van der Waals surface area (Å²) in [5.41, 5.74) is 2.82. The normalized spacial score (nSPS) is 13.0. The average molecular weight is 439 g/mol. The van der Waals surface area contributed by atoms with Gasteiger partial charge in [-0.15, -0.1) is 0 Å². The highest BCUT2D eigenvalue weighted by Crippen LogP contribution is 2.30. The molecule has 3 heterocycles. The largest absolute Gasteiger partial charge is 0.359 e. The summed E-state index contributed by atoms with van der Waals surface area (Å²) >= 11 is 5.96. The van der Waals surface area contributed by atoms with E-state index >= 15 is 0 Å². The molecule has 0 radical (unpaired) electrons. The molecule has 0 aliphatic carbocycles. The molecule has 0 saturated heterocycles. The first-order chi connectivity index (χ1) is 15.0. The maximum absolute atomic E-state index is 12.7. The molecule has 2 N–H and O–H groups in total. The van der Waals surface area contributed by atoms with Crippen LogP contribution in [0.5, 0.6) is 0 Å². The van der Waals surface area contributed by atoms with E-state index in [-0.39, 0.29) is 18.4 Å². The van der Waals surface area contributed by atoms with Gasteiger partial charge in [-0.25, -0.2) is 4.98 Å². The minimum atomic E-state index is -0.261. The Morgan fingerprint density at radius 2 is 2.03 bits per heavy atom. The Hall–Kier alpha value is -3.39. The highest BCUT2D eigenvalue weighted by Gasteiger charge is 2.26. The number of benzene rings is 1. The summed E-state index contributed by atoms with van der Waals surface area (Å²) in [5.74, 6) is 0.221. The van der Waals surface area contributed by atoms with E-state index in [9.17, 15) is 9.59 Å². The first kappa shape index (κ1) is 20.9. The standard InChI is InChI=1S/C22H23ClN6O2/c1-2-7-28-13-16(10-27-28)9-26-22(31)17-8-19-21(24-11-17)25-12-20(30)29(19)14-15-3-5-18(23)6-4-15/h3-6,8,10-11,13H,2,7,9,12,14H2,1H3,(H,24,25)(H,26,31). The van der Waals surface area contributed by atoms with Crippen LogP contribution in [-0.4, -0.2) is 33.1 Å². The number of carbonyl (C=O) groups is 2. The molecule has 4 rings (SSSR count). The van der Waals surface area contributed by atoms with Crippen molar-refractivity contribution in [3.8, 4) is 0 Å². The molecular formula is C22H23ClN6O2. The van der Waals surface area contributed by atoms with E-state index < -0.39 is 0 Å². The Labute approximate surface area is 185 Å². The number of rotatable bonds is 7. The van der Waals surface area contributed by atoms with Gasteiger partial charge >= 0.3 is 0 Å². The third-order valence-corrected chi connectivity index (χ3v) is 5.23. The van der Waals surface area contributed by atoms with Gasteiger partial charge in [-0.3, -0.25) is 14.3 Å². The molecule has 2 amide bonds. The van der Waals surface area contributed by atoms with Crippen LogP contribution >= 0.6 is 11.6 Å². The van der Waals surface area contributed by atoms with E-state index in [1.54, 1.807) is 29.3 Å². The fourth-order valence-electron chi connectivity index (χ4n) is 3.39. The van der Waals surface area contributed by atoms with E-state index in [4.69, 9.17) is 11.6 Å². The van der Waals surface area contributed by atoms with Gasteiger partial charge in [0.25, 0.3) is 5.91 Å². The quantitative estimate of drug-likeness (QED) is 0.590. The van der Waals surface area contributed by atoms with Gasteiger partial charge in [0.05, 0.1) is 30.5 Å². The Kier molecular flexibility index (Phi) is 6.18. The van der Waals surface area contributed by atoms with Crippen LogP contribution in [0.1, 0.15) is 34.8 Å². The number of amides is 2. The number of aryl methyl sites for hydroxylation is 1. The summed E-state index contributed by atoms with van der Waals surface area (Å²) in [5, 5.41) is 10.8. The Morgan fingerprint density at radius 1 is 1.23 bits per heavy atom. The molecule has 3 aromatic rings. The monoisotopic (exact) mass is 438 g/mol. The van der Waals surface area contributed by atoms with Crippen LogP contribution < -0.4 is 15.5 Å². The van der Waals surface area contributed by atoms with Gasteiger partial charge in [0.1, 0.15) is 0 Å². The van der Waals surface area contributed by atoms with Crippen molar-refractivity contribution in [1.29, 1.82) is 0 Å². The van der Waals surface area contributed by atoms with E-state index in [0.717, 1.165) is 24.1 Å². The number of fused-ring (bicyclic) bond motifs is 1. The molecule has 0 saturated carbocycles. The maximum atomic E-state index is 12.7. The maximum Gasteiger partial charge on any atom is 0.253 e. The fraction of sp³-hybridized carbons (Fsp3) is 0.273. The summed E-state index contributed by atoms with van der Waals surface area (Å²) in [6.07, 6.45) is 6.17. The molecule has 0 spiro atoms. The van der Waals surface area contributed by atoms with Gasteiger partial charge in [0.15, 0.2) is 5.82 Å². The molecule has 9 heteroatoms. The number of hydrogen-bond donors (Lipinski definition) is 2. The van der Waals surface area contributed by atoms with E-state index in [1.807, 2.05) is 23.0 Å². The fourth-order valence-corrected chi connectivity index (χ4v) is 3.51. The molecule has 1 aliphatic rings. The topological polar surface area (TPSA) is 92.2 Å². The zero-order valence-corrected chi connectivity index (χ0v) is 17.9. The first-order valence-corrected chi connectivity index (χ1v) is 10.5. The molecule has 1 aliphatic heterocycles. The number of halogens is 1. The third-order valence-electron chi connectivity index (χ3n) is 4.98. The van der Waals surface area contributed by atoms with Crippen LogP contribution in [0, 0.1) is 0 Å². The van der Waals surface area contributed by atoms with Crippen molar-refractivity contribution in [3.05, 3.63) is 70.6 Å². The van der Waals surface area contributed by atoms with Crippen LogP contribution in [-0.2, 0) is 24.4 Å². The number of nitrogens with one attached hydrogen (secondary N) is 2. The van der Waals surface area contributed by atoms with Crippen molar-refractivity contribution >= 4 is 34.9 Å². The summed E-state index contributed by atoms with van der Waals surface area (Å²) < 4.78 is 1.86. The molecular weight excluding hydrogens is 416 g/mol. The van der Waals surface area contributed by atoms with Crippen molar-refractivity contribution in [2.45, 2.75) is 33.0 Å². The van der Waals surface area contributed by atoms with Gasteiger partial charge in [0, 0.05) is 36.1 Å². The molecule has 8 nitrogen and oxygen atoms in total. The second-order valence-electron chi connectivity index (χ2n) is 7.35. The summed E-state index contributed by atoms with van der Waals surface area (Å²) in [7, 11) is 0. The predicted molar refractivity (Wildman–Crippen MR) is 119 cm³/mol. The van der Waals surface area contributed by atoms with Crippen molar-refractivity contribution in [2.24, 2.45) is 0 Å². The Bertz CT molecular complexity index is 1100. The van der Waals surface area contributed by atoms with Gasteiger partial charge in [-0.2, -0.15) is 5.10 Å². The summed E-state index contributed by atoms with van der Waals surface area (Å²) in [6, 6.07) is 9.02. The lowest BCUT2D eigenvalue weighted by atomic mass is 10.1. The van der Waals surface area contributed by atoms with Crippen LogP contribution in [0.15, 0.2) is 48.9 Å². The van der Waals surface area contributed by atoms with Gasteiger partial charge in [-0.05, 0) is 30.2 Å². The van der Waals surface area contributed by atoms with Crippen LogP contribution in [0.4, 0.5) is 11.5 Å². The number of anilines is 2. The summed E-state index contributed by atoms with van der Waals surface area (Å²) in [6.45, 7) is 3.81. The smallest absolute Gasteiger partial charge is 0.253 e. The van der Waals surface area contributed by atoms with Crippen molar-refractivity contribution in [1.82, 2.24) is 20.1 Å². The molecule has 160 valence electrons. The molecule has 0 atom stereocenters. The lowest BCUT2D eigenvalue weighted by Crippen LogP contribution is -2.40. The van der Waals surface area contributed by atoms with E-state index in [1.165, 1.54) is 6.20 Å². The number of hydrogen-bond acceptors (Lipinski definition) is 5. The lowest BCUT2D eigenvalue weighted by molar-refractivity contribution is -0.117. The zero-order valence-electron chi connectivity index (χ0n) is 17.1. The molecule has 2 aromatic heterocycles. The molecule has 1 aromatic carbocycles. The van der Waals surface area contributed by atoms with Crippen molar-refractivity contribution in [2.75, 3.05) is 16.8 Å². The number of aromatic nitrogens is 3. The minimum Gasteiger partial charge on any atom is -0.359 e. The number of nitrogens with zero attached hydrogens (tertiary/aromatic N) is 4. The Balaban J connectivity index is 1.50. The highest BCUT2D eigenvalue weighted by atomic mass is 35.5. The molecule has 0 unspecified atom stereocenters. The first-order valence-electron chi connectivity index (χ1n) is 10.1. The molecule has 0 bridgehead atoms. The lowest BCUT2D eigenvalue weighted by Gasteiger charge is -2.29. The summed E-state index contributed by atoms with van der Waals surface area (Å²) in [4.78, 5) is 31.3. The van der Waals surface area contributed by atoms with Crippen LogP contribution in [0.25, 0.3) is 0 Å². The van der Waals surface area contributed by atoms with Crippen LogP contribution in [0.2, 0.25) is 5.02 Å².